The zero-order chi connectivity index (χ0) is 13.0. The van der Waals surface area contributed by atoms with E-state index in [9.17, 15) is 4.79 Å². The van der Waals surface area contributed by atoms with Crippen LogP contribution in [0.15, 0.2) is 35.4 Å². The molecule has 1 aromatic carbocycles. The summed E-state index contributed by atoms with van der Waals surface area (Å²) in [4.78, 5) is 11.9. The molecular weight excluding hydrogens is 228 g/mol. The van der Waals surface area contributed by atoms with Gasteiger partial charge < -0.3 is 15.4 Å². The average molecular weight is 246 g/mol. The molecule has 18 heavy (non-hydrogen) atoms. The standard InChI is InChI=1S/C14H18N2O2/c1-3-18-13-6-4-12(5-7-13)16-14(17)10(2)11-8-15-9-11/h4-7,15H,3,8-9H2,1-2H3,(H,16,17). The predicted molar refractivity (Wildman–Crippen MR) is 71.8 cm³/mol. The molecule has 0 bridgehead atoms. The fourth-order valence-corrected chi connectivity index (χ4v) is 1.70. The van der Waals surface area contributed by atoms with Gasteiger partial charge >= 0.3 is 0 Å². The third-order valence-corrected chi connectivity index (χ3v) is 2.97. The van der Waals surface area contributed by atoms with E-state index in [4.69, 9.17) is 4.74 Å². The Kier molecular flexibility index (Phi) is 3.99. The number of rotatable bonds is 4. The second-order valence-electron chi connectivity index (χ2n) is 4.24. The lowest BCUT2D eigenvalue weighted by atomic mass is 10.0. The fraction of sp³-hybridized carbons (Fsp3) is 0.357. The van der Waals surface area contributed by atoms with Gasteiger partial charge in [-0.25, -0.2) is 0 Å². The Bertz CT molecular complexity index is 457. The smallest absolute Gasteiger partial charge is 0.251 e. The monoisotopic (exact) mass is 246 g/mol. The molecule has 1 saturated heterocycles. The molecule has 4 heteroatoms. The summed E-state index contributed by atoms with van der Waals surface area (Å²) in [5.41, 5.74) is 2.77. The Morgan fingerprint density at radius 1 is 1.33 bits per heavy atom. The van der Waals surface area contributed by atoms with Crippen molar-refractivity contribution < 1.29 is 9.53 Å². The van der Waals surface area contributed by atoms with Gasteiger partial charge in [0.05, 0.1) is 6.61 Å². The van der Waals surface area contributed by atoms with Crippen molar-refractivity contribution in [2.24, 2.45) is 0 Å². The van der Waals surface area contributed by atoms with E-state index in [1.807, 2.05) is 38.1 Å². The van der Waals surface area contributed by atoms with Crippen molar-refractivity contribution in [1.29, 1.82) is 0 Å². The van der Waals surface area contributed by atoms with E-state index < -0.39 is 0 Å². The SMILES string of the molecule is CCOc1ccc(NC(=O)C(C)=C2CNC2)cc1. The van der Waals surface area contributed by atoms with E-state index in [1.165, 1.54) is 5.57 Å². The Morgan fingerprint density at radius 3 is 2.50 bits per heavy atom. The first-order chi connectivity index (χ1) is 8.70. The zero-order valence-electron chi connectivity index (χ0n) is 10.7. The van der Waals surface area contributed by atoms with E-state index in [-0.39, 0.29) is 5.91 Å². The number of ether oxygens (including phenoxy) is 1. The van der Waals surface area contributed by atoms with Crippen LogP contribution in [0.5, 0.6) is 5.75 Å². The van der Waals surface area contributed by atoms with E-state index >= 15 is 0 Å². The van der Waals surface area contributed by atoms with Crippen LogP contribution in [0.1, 0.15) is 13.8 Å². The van der Waals surface area contributed by atoms with Crippen molar-refractivity contribution in [1.82, 2.24) is 5.32 Å². The van der Waals surface area contributed by atoms with Gasteiger partial charge in [-0.2, -0.15) is 0 Å². The van der Waals surface area contributed by atoms with Crippen LogP contribution in [0.25, 0.3) is 0 Å². The highest BCUT2D eigenvalue weighted by Gasteiger charge is 2.15. The van der Waals surface area contributed by atoms with E-state index in [2.05, 4.69) is 10.6 Å². The van der Waals surface area contributed by atoms with E-state index in [0.717, 1.165) is 30.1 Å². The molecule has 1 aliphatic heterocycles. The van der Waals surface area contributed by atoms with Crippen LogP contribution in [0, 0.1) is 0 Å². The summed E-state index contributed by atoms with van der Waals surface area (Å²) in [7, 11) is 0. The molecule has 2 rings (SSSR count). The minimum Gasteiger partial charge on any atom is -0.494 e. The average Bonchev–Trinajstić information content (AvgIpc) is 2.29. The molecule has 0 aromatic heterocycles. The minimum absolute atomic E-state index is 0.0318. The molecule has 4 nitrogen and oxygen atoms in total. The van der Waals surface area contributed by atoms with Crippen LogP contribution in [-0.2, 0) is 4.79 Å². The summed E-state index contributed by atoms with van der Waals surface area (Å²) in [5.74, 6) is 0.782. The molecule has 1 amide bonds. The summed E-state index contributed by atoms with van der Waals surface area (Å²) in [6.45, 7) is 6.09. The molecular formula is C14H18N2O2. The Hall–Kier alpha value is -1.81. The maximum atomic E-state index is 11.9. The topological polar surface area (TPSA) is 50.4 Å². The first-order valence-electron chi connectivity index (χ1n) is 6.14. The number of benzene rings is 1. The summed E-state index contributed by atoms with van der Waals surface area (Å²) in [6.07, 6.45) is 0. The van der Waals surface area contributed by atoms with Gasteiger partial charge in [0.2, 0.25) is 0 Å². The third kappa shape index (κ3) is 2.90. The lowest BCUT2D eigenvalue weighted by Gasteiger charge is -2.21. The molecule has 1 aromatic rings. The summed E-state index contributed by atoms with van der Waals surface area (Å²) >= 11 is 0. The van der Waals surface area contributed by atoms with Crippen LogP contribution >= 0.6 is 0 Å². The van der Waals surface area contributed by atoms with Crippen LogP contribution < -0.4 is 15.4 Å². The fourth-order valence-electron chi connectivity index (χ4n) is 1.70. The Balaban J connectivity index is 1.98. The van der Waals surface area contributed by atoms with Crippen LogP contribution in [0.3, 0.4) is 0 Å². The summed E-state index contributed by atoms with van der Waals surface area (Å²) in [6, 6.07) is 7.40. The molecule has 0 spiro atoms. The largest absolute Gasteiger partial charge is 0.494 e. The molecule has 1 aliphatic rings. The van der Waals surface area contributed by atoms with Gasteiger partial charge in [-0.1, -0.05) is 0 Å². The maximum Gasteiger partial charge on any atom is 0.251 e. The Morgan fingerprint density at radius 2 is 2.00 bits per heavy atom. The summed E-state index contributed by atoms with van der Waals surface area (Å²) < 4.78 is 5.35. The highest BCUT2D eigenvalue weighted by Crippen LogP contribution is 2.17. The van der Waals surface area contributed by atoms with Crippen molar-refractivity contribution in [2.75, 3.05) is 25.0 Å². The van der Waals surface area contributed by atoms with Gasteiger partial charge in [0, 0.05) is 24.4 Å². The quantitative estimate of drug-likeness (QED) is 0.798. The first-order valence-corrected chi connectivity index (χ1v) is 6.14. The second kappa shape index (κ2) is 5.69. The van der Waals surface area contributed by atoms with Gasteiger partial charge in [0.25, 0.3) is 5.91 Å². The lowest BCUT2D eigenvalue weighted by Crippen LogP contribution is -2.36. The van der Waals surface area contributed by atoms with Crippen LogP contribution in [-0.4, -0.2) is 25.6 Å². The molecule has 0 unspecified atom stereocenters. The van der Waals surface area contributed by atoms with Crippen LogP contribution in [0.2, 0.25) is 0 Å². The molecule has 1 heterocycles. The Labute approximate surface area is 107 Å². The maximum absolute atomic E-state index is 11.9. The van der Waals surface area contributed by atoms with E-state index in [0.29, 0.717) is 6.61 Å². The number of nitrogens with one attached hydrogen (secondary N) is 2. The number of hydrogen-bond acceptors (Lipinski definition) is 3. The molecule has 0 aliphatic carbocycles. The highest BCUT2D eigenvalue weighted by atomic mass is 16.5. The molecule has 2 N–H and O–H groups in total. The predicted octanol–water partition coefficient (Wildman–Crippen LogP) is 1.94. The first kappa shape index (κ1) is 12.6. The highest BCUT2D eigenvalue weighted by molar-refractivity contribution is 6.04. The normalized spacial score (nSPS) is 13.8. The second-order valence-corrected chi connectivity index (χ2v) is 4.24. The lowest BCUT2D eigenvalue weighted by molar-refractivity contribution is -0.112. The summed E-state index contributed by atoms with van der Waals surface area (Å²) in [5, 5.41) is 6.01. The zero-order valence-corrected chi connectivity index (χ0v) is 10.7. The molecule has 0 radical (unpaired) electrons. The molecule has 1 fully saturated rings. The van der Waals surface area contributed by atoms with E-state index in [1.54, 1.807) is 0 Å². The van der Waals surface area contributed by atoms with Crippen LogP contribution in [0.4, 0.5) is 5.69 Å². The van der Waals surface area contributed by atoms with Crippen molar-refractivity contribution >= 4 is 11.6 Å². The molecule has 96 valence electrons. The van der Waals surface area contributed by atoms with Crippen molar-refractivity contribution in [3.8, 4) is 5.75 Å². The van der Waals surface area contributed by atoms with Gasteiger partial charge in [-0.15, -0.1) is 0 Å². The molecule has 0 saturated carbocycles. The number of carbonyl (C=O) groups is 1. The van der Waals surface area contributed by atoms with Gasteiger partial charge in [0.1, 0.15) is 5.75 Å². The number of hydrogen-bond donors (Lipinski definition) is 2. The van der Waals surface area contributed by atoms with Gasteiger partial charge in [-0.05, 0) is 43.7 Å². The molecule has 0 atom stereocenters. The van der Waals surface area contributed by atoms with Crippen molar-refractivity contribution in [3.63, 3.8) is 0 Å². The third-order valence-electron chi connectivity index (χ3n) is 2.97. The number of anilines is 1. The minimum atomic E-state index is -0.0318. The van der Waals surface area contributed by atoms with Crippen molar-refractivity contribution in [2.45, 2.75) is 13.8 Å². The van der Waals surface area contributed by atoms with Gasteiger partial charge in [0.15, 0.2) is 0 Å². The number of carbonyl (C=O) groups excluding carboxylic acids is 1. The number of amides is 1. The van der Waals surface area contributed by atoms with Crippen molar-refractivity contribution in [3.05, 3.63) is 35.4 Å². The van der Waals surface area contributed by atoms with Gasteiger partial charge in [-0.3, -0.25) is 4.79 Å².